The Kier molecular flexibility index (Phi) is 6.66. The van der Waals surface area contributed by atoms with Gasteiger partial charge in [0, 0.05) is 22.2 Å². The van der Waals surface area contributed by atoms with Crippen LogP contribution in [0.3, 0.4) is 0 Å². The Morgan fingerprint density at radius 1 is 1.05 bits per heavy atom. The van der Waals surface area contributed by atoms with Gasteiger partial charge in [-0.05, 0) is 48.6 Å². The number of thiocarbonyl (C=S) groups is 1. The molecule has 0 atom stereocenters. The molecule has 0 heterocycles. The van der Waals surface area contributed by atoms with Crippen molar-refractivity contribution in [2.75, 3.05) is 17.7 Å². The zero-order valence-corrected chi connectivity index (χ0v) is 13.7. The Labute approximate surface area is 139 Å². The summed E-state index contributed by atoms with van der Waals surface area (Å²) in [6.07, 6.45) is 0. The molecular weight excluding hydrogens is 322 g/mol. The average Bonchev–Trinajstić information content (AvgIpc) is 2.52. The standard InChI is InChI=1S/C15H16ClN3S2/c16-12-6-8-13(9-7-12)18-19-15(20)17-10-11-21-14-4-2-1-3-5-14/h1-9,18H,10-11H2,(H2,17,19,20). The SMILES string of the molecule is S=C(NCCSc1ccccc1)NNc1ccc(Cl)cc1. The molecule has 3 nitrogen and oxygen atoms in total. The molecule has 2 rings (SSSR count). The maximum absolute atomic E-state index is 5.82. The summed E-state index contributed by atoms with van der Waals surface area (Å²) in [6, 6.07) is 17.7. The first-order chi connectivity index (χ1) is 10.2. The molecule has 0 aliphatic carbocycles. The molecule has 0 saturated heterocycles. The first-order valence-electron chi connectivity index (χ1n) is 6.47. The third-order valence-electron chi connectivity index (χ3n) is 2.56. The van der Waals surface area contributed by atoms with Crippen molar-refractivity contribution in [2.45, 2.75) is 4.90 Å². The van der Waals surface area contributed by atoms with Crippen molar-refractivity contribution >= 4 is 46.4 Å². The number of rotatable bonds is 6. The van der Waals surface area contributed by atoms with Gasteiger partial charge in [0.2, 0.25) is 0 Å². The largest absolute Gasteiger partial charge is 0.361 e. The third-order valence-corrected chi connectivity index (χ3v) is 4.08. The highest BCUT2D eigenvalue weighted by Gasteiger charge is 1.96. The second-order valence-electron chi connectivity index (χ2n) is 4.17. The lowest BCUT2D eigenvalue weighted by Gasteiger charge is -2.12. The molecule has 6 heteroatoms. The molecular formula is C15H16ClN3S2. The van der Waals surface area contributed by atoms with E-state index in [9.17, 15) is 0 Å². The van der Waals surface area contributed by atoms with E-state index in [1.807, 2.05) is 42.5 Å². The molecule has 3 N–H and O–H groups in total. The molecule has 0 amide bonds. The summed E-state index contributed by atoms with van der Waals surface area (Å²) >= 11 is 12.8. The van der Waals surface area contributed by atoms with Crippen molar-refractivity contribution in [3.8, 4) is 0 Å². The molecule has 0 fully saturated rings. The predicted octanol–water partition coefficient (Wildman–Crippen LogP) is 3.92. The Bertz CT molecular complexity index is 561. The van der Waals surface area contributed by atoms with Crippen LogP contribution in [0.2, 0.25) is 5.02 Å². The first-order valence-corrected chi connectivity index (χ1v) is 8.24. The predicted molar refractivity (Wildman–Crippen MR) is 96.0 cm³/mol. The first kappa shape index (κ1) is 15.9. The van der Waals surface area contributed by atoms with Crippen LogP contribution in [0.1, 0.15) is 0 Å². The van der Waals surface area contributed by atoms with Crippen molar-refractivity contribution in [1.82, 2.24) is 10.7 Å². The van der Waals surface area contributed by atoms with Crippen molar-refractivity contribution in [1.29, 1.82) is 0 Å². The number of thioether (sulfide) groups is 1. The number of hydrazine groups is 1. The molecule has 0 saturated carbocycles. The Morgan fingerprint density at radius 2 is 1.76 bits per heavy atom. The Hall–Kier alpha value is -1.43. The highest BCUT2D eigenvalue weighted by atomic mass is 35.5. The molecule has 110 valence electrons. The second kappa shape index (κ2) is 8.77. The summed E-state index contributed by atoms with van der Waals surface area (Å²) in [4.78, 5) is 1.26. The van der Waals surface area contributed by atoms with Crippen LogP contribution in [0.4, 0.5) is 5.69 Å². The fourth-order valence-corrected chi connectivity index (χ4v) is 2.63. The third kappa shape index (κ3) is 6.25. The van der Waals surface area contributed by atoms with Gasteiger partial charge in [0.05, 0.1) is 5.69 Å². The molecule has 0 radical (unpaired) electrons. The van der Waals surface area contributed by atoms with Gasteiger partial charge in [-0.3, -0.25) is 10.9 Å². The van der Waals surface area contributed by atoms with Gasteiger partial charge in [0.15, 0.2) is 5.11 Å². The molecule has 0 aliphatic heterocycles. The smallest absolute Gasteiger partial charge is 0.185 e. The van der Waals surface area contributed by atoms with Crippen LogP contribution in [-0.4, -0.2) is 17.4 Å². The van der Waals surface area contributed by atoms with Crippen LogP contribution < -0.4 is 16.2 Å². The van der Waals surface area contributed by atoms with E-state index in [1.165, 1.54) is 4.90 Å². The van der Waals surface area contributed by atoms with Crippen molar-refractivity contribution in [3.63, 3.8) is 0 Å². The quantitative estimate of drug-likeness (QED) is 0.322. The van der Waals surface area contributed by atoms with Gasteiger partial charge in [-0.25, -0.2) is 0 Å². The summed E-state index contributed by atoms with van der Waals surface area (Å²) in [5.41, 5.74) is 6.85. The Morgan fingerprint density at radius 3 is 2.48 bits per heavy atom. The maximum atomic E-state index is 5.82. The summed E-state index contributed by atoms with van der Waals surface area (Å²) in [5, 5.41) is 4.42. The maximum Gasteiger partial charge on any atom is 0.185 e. The van der Waals surface area contributed by atoms with Gasteiger partial charge in [-0.15, -0.1) is 11.8 Å². The lowest BCUT2D eigenvalue weighted by Crippen LogP contribution is -2.39. The number of hydrogen-bond donors (Lipinski definition) is 3. The molecule has 0 spiro atoms. The van der Waals surface area contributed by atoms with Crippen molar-refractivity contribution in [2.24, 2.45) is 0 Å². The second-order valence-corrected chi connectivity index (χ2v) is 6.19. The highest BCUT2D eigenvalue weighted by molar-refractivity contribution is 7.99. The lowest BCUT2D eigenvalue weighted by atomic mass is 10.3. The van der Waals surface area contributed by atoms with Crippen LogP contribution >= 0.6 is 35.6 Å². The monoisotopic (exact) mass is 337 g/mol. The molecule has 2 aromatic carbocycles. The van der Waals surface area contributed by atoms with Crippen LogP contribution in [0.15, 0.2) is 59.5 Å². The summed E-state index contributed by atoms with van der Waals surface area (Å²) in [7, 11) is 0. The molecule has 0 aliphatic rings. The van der Waals surface area contributed by atoms with Gasteiger partial charge in [0.25, 0.3) is 0 Å². The van der Waals surface area contributed by atoms with Gasteiger partial charge in [-0.2, -0.15) is 0 Å². The van der Waals surface area contributed by atoms with E-state index in [0.717, 1.165) is 18.0 Å². The van der Waals surface area contributed by atoms with Crippen LogP contribution in [0.5, 0.6) is 0 Å². The molecule has 2 aromatic rings. The normalized spacial score (nSPS) is 9.95. The lowest BCUT2D eigenvalue weighted by molar-refractivity contribution is 0.935. The van der Waals surface area contributed by atoms with Gasteiger partial charge in [-0.1, -0.05) is 29.8 Å². The number of anilines is 1. The average molecular weight is 338 g/mol. The minimum atomic E-state index is 0.568. The van der Waals surface area contributed by atoms with E-state index in [4.69, 9.17) is 23.8 Å². The van der Waals surface area contributed by atoms with Crippen LogP contribution in [0, 0.1) is 0 Å². The Balaban J connectivity index is 1.60. The molecule has 0 bridgehead atoms. The zero-order valence-electron chi connectivity index (χ0n) is 11.3. The van der Waals surface area contributed by atoms with Gasteiger partial charge in [0.1, 0.15) is 0 Å². The van der Waals surface area contributed by atoms with Crippen molar-refractivity contribution < 1.29 is 0 Å². The summed E-state index contributed by atoms with van der Waals surface area (Å²) in [5.74, 6) is 0.951. The van der Waals surface area contributed by atoms with Gasteiger partial charge < -0.3 is 5.32 Å². The van der Waals surface area contributed by atoms with Crippen molar-refractivity contribution in [3.05, 3.63) is 59.6 Å². The summed E-state index contributed by atoms with van der Waals surface area (Å²) < 4.78 is 0. The van der Waals surface area contributed by atoms with Crippen LogP contribution in [-0.2, 0) is 0 Å². The molecule has 0 aromatic heterocycles. The number of hydrogen-bond acceptors (Lipinski definition) is 3. The number of benzene rings is 2. The van der Waals surface area contributed by atoms with E-state index in [0.29, 0.717) is 10.1 Å². The highest BCUT2D eigenvalue weighted by Crippen LogP contribution is 2.15. The van der Waals surface area contributed by atoms with E-state index >= 15 is 0 Å². The van der Waals surface area contributed by atoms with Crippen LogP contribution in [0.25, 0.3) is 0 Å². The molecule has 0 unspecified atom stereocenters. The minimum Gasteiger partial charge on any atom is -0.361 e. The zero-order chi connectivity index (χ0) is 14.9. The number of nitrogens with one attached hydrogen (secondary N) is 3. The fraction of sp³-hybridized carbons (Fsp3) is 0.133. The topological polar surface area (TPSA) is 36.1 Å². The van der Waals surface area contributed by atoms with E-state index in [2.05, 4.69) is 28.3 Å². The summed E-state index contributed by atoms with van der Waals surface area (Å²) in [6.45, 7) is 0.799. The fourth-order valence-electron chi connectivity index (χ4n) is 1.56. The molecule has 21 heavy (non-hydrogen) atoms. The van der Waals surface area contributed by atoms with E-state index < -0.39 is 0 Å². The van der Waals surface area contributed by atoms with E-state index in [-0.39, 0.29) is 0 Å². The number of halogens is 1. The minimum absolute atomic E-state index is 0.568. The van der Waals surface area contributed by atoms with E-state index in [1.54, 1.807) is 11.8 Å². The van der Waals surface area contributed by atoms with Gasteiger partial charge >= 0.3 is 0 Å².